The standard InChI is InChI=1S/C30H35BrClN3O5S/c1-6-21(3)33-30(37)22(4)34(18-23-8-7-9-24(31)16-23)29(36)19-35(27-17-25(32)12-15-28(27)40-5)41(38,39)26-13-10-20(2)11-14-26/h7-17,21-22H,6,18-19H2,1-5H3,(H,33,37)/t21-,22-/m1/s1. The molecule has 0 spiro atoms. The van der Waals surface area contributed by atoms with E-state index in [2.05, 4.69) is 21.2 Å². The van der Waals surface area contributed by atoms with E-state index in [0.717, 1.165) is 26.3 Å². The largest absolute Gasteiger partial charge is 0.495 e. The molecule has 0 heterocycles. The van der Waals surface area contributed by atoms with Gasteiger partial charge in [-0.1, -0.05) is 64.3 Å². The Bertz CT molecular complexity index is 1480. The van der Waals surface area contributed by atoms with E-state index in [1.165, 1.54) is 30.2 Å². The highest BCUT2D eigenvalue weighted by Crippen LogP contribution is 2.35. The molecule has 2 atom stereocenters. The second kappa shape index (κ2) is 14.2. The van der Waals surface area contributed by atoms with Gasteiger partial charge in [-0.05, 0) is 75.2 Å². The van der Waals surface area contributed by atoms with E-state index >= 15 is 0 Å². The summed E-state index contributed by atoms with van der Waals surface area (Å²) in [5, 5.41) is 3.19. The summed E-state index contributed by atoms with van der Waals surface area (Å²) in [5.41, 5.74) is 1.76. The first-order chi connectivity index (χ1) is 19.4. The molecule has 0 aliphatic heterocycles. The van der Waals surface area contributed by atoms with Crippen LogP contribution >= 0.6 is 27.5 Å². The summed E-state index contributed by atoms with van der Waals surface area (Å²) in [6, 6.07) is 17.3. The smallest absolute Gasteiger partial charge is 0.264 e. The minimum atomic E-state index is -4.26. The Morgan fingerprint density at radius 1 is 1.05 bits per heavy atom. The topological polar surface area (TPSA) is 96.0 Å². The molecular formula is C30H35BrClN3O5S. The van der Waals surface area contributed by atoms with Crippen LogP contribution in [0.15, 0.2) is 76.1 Å². The van der Waals surface area contributed by atoms with E-state index < -0.39 is 28.5 Å². The van der Waals surface area contributed by atoms with Gasteiger partial charge < -0.3 is 15.0 Å². The summed E-state index contributed by atoms with van der Waals surface area (Å²) in [5.74, 6) is -0.690. The number of amides is 2. The van der Waals surface area contributed by atoms with Gasteiger partial charge in [-0.25, -0.2) is 8.42 Å². The average Bonchev–Trinajstić information content (AvgIpc) is 2.94. The minimum absolute atomic E-state index is 0.000898. The molecule has 1 N–H and O–H groups in total. The van der Waals surface area contributed by atoms with Crippen LogP contribution in [0.3, 0.4) is 0 Å². The molecule has 220 valence electrons. The van der Waals surface area contributed by atoms with Crippen molar-refractivity contribution in [3.05, 3.63) is 87.4 Å². The third-order valence-electron chi connectivity index (χ3n) is 6.71. The highest BCUT2D eigenvalue weighted by Gasteiger charge is 2.34. The van der Waals surface area contributed by atoms with Crippen molar-refractivity contribution < 1.29 is 22.7 Å². The number of ether oxygens (including phenoxy) is 1. The van der Waals surface area contributed by atoms with E-state index in [0.29, 0.717) is 0 Å². The first-order valence-electron chi connectivity index (χ1n) is 13.1. The number of benzene rings is 3. The van der Waals surface area contributed by atoms with Crippen molar-refractivity contribution in [1.82, 2.24) is 10.2 Å². The molecule has 0 aliphatic carbocycles. The zero-order valence-corrected chi connectivity index (χ0v) is 26.9. The molecule has 0 saturated heterocycles. The van der Waals surface area contributed by atoms with E-state index in [4.69, 9.17) is 16.3 Å². The monoisotopic (exact) mass is 663 g/mol. The highest BCUT2D eigenvalue weighted by molar-refractivity contribution is 9.10. The molecule has 2 amide bonds. The van der Waals surface area contributed by atoms with Crippen LogP contribution in [0.25, 0.3) is 0 Å². The second-order valence-corrected chi connectivity index (χ2v) is 13.0. The van der Waals surface area contributed by atoms with Gasteiger partial charge in [0.2, 0.25) is 11.8 Å². The van der Waals surface area contributed by atoms with Crippen molar-refractivity contribution in [3.63, 3.8) is 0 Å². The molecule has 0 bridgehead atoms. The number of hydrogen-bond donors (Lipinski definition) is 1. The summed E-state index contributed by atoms with van der Waals surface area (Å²) in [4.78, 5) is 28.7. The molecular weight excluding hydrogens is 630 g/mol. The molecule has 3 rings (SSSR count). The van der Waals surface area contributed by atoms with Gasteiger partial charge in [0.15, 0.2) is 0 Å². The van der Waals surface area contributed by atoms with Crippen molar-refractivity contribution in [2.45, 2.75) is 57.6 Å². The predicted octanol–water partition coefficient (Wildman–Crippen LogP) is 5.95. The molecule has 3 aromatic rings. The quantitative estimate of drug-likeness (QED) is 0.258. The van der Waals surface area contributed by atoms with Gasteiger partial charge in [0.1, 0.15) is 18.3 Å². The third-order valence-corrected chi connectivity index (χ3v) is 9.21. The van der Waals surface area contributed by atoms with Crippen LogP contribution in [-0.2, 0) is 26.2 Å². The number of rotatable bonds is 12. The number of anilines is 1. The fourth-order valence-corrected chi connectivity index (χ4v) is 6.12. The van der Waals surface area contributed by atoms with Gasteiger partial charge in [-0.15, -0.1) is 0 Å². The summed E-state index contributed by atoms with van der Waals surface area (Å²) in [6.45, 7) is 6.80. The van der Waals surface area contributed by atoms with Crippen LogP contribution < -0.4 is 14.4 Å². The molecule has 41 heavy (non-hydrogen) atoms. The van der Waals surface area contributed by atoms with Crippen molar-refractivity contribution >= 4 is 55.1 Å². The first-order valence-corrected chi connectivity index (χ1v) is 15.8. The highest BCUT2D eigenvalue weighted by atomic mass is 79.9. The Labute approximate surface area is 255 Å². The zero-order valence-electron chi connectivity index (χ0n) is 23.7. The van der Waals surface area contributed by atoms with Crippen LogP contribution in [0.4, 0.5) is 5.69 Å². The van der Waals surface area contributed by atoms with Crippen LogP contribution in [0.1, 0.15) is 38.3 Å². The molecule has 8 nitrogen and oxygen atoms in total. The average molecular weight is 665 g/mol. The summed E-state index contributed by atoms with van der Waals surface area (Å²) >= 11 is 9.73. The Kier molecular flexibility index (Phi) is 11.2. The lowest BCUT2D eigenvalue weighted by Crippen LogP contribution is -2.52. The number of halogens is 2. The molecule has 0 aliphatic rings. The maximum atomic E-state index is 14.1. The Hall–Kier alpha value is -3.08. The van der Waals surface area contributed by atoms with Gasteiger partial charge in [-0.3, -0.25) is 13.9 Å². The molecule has 0 radical (unpaired) electrons. The lowest BCUT2D eigenvalue weighted by atomic mass is 10.1. The van der Waals surface area contributed by atoms with Crippen LogP contribution in [0.2, 0.25) is 5.02 Å². The molecule has 0 unspecified atom stereocenters. The number of nitrogens with one attached hydrogen (secondary N) is 1. The number of hydrogen-bond acceptors (Lipinski definition) is 5. The SMILES string of the molecule is CC[C@@H](C)NC(=O)[C@@H](C)N(Cc1cccc(Br)c1)C(=O)CN(c1cc(Cl)ccc1OC)S(=O)(=O)c1ccc(C)cc1. The van der Waals surface area contributed by atoms with E-state index in [1.807, 2.05) is 45.0 Å². The molecule has 0 fully saturated rings. The number of nitrogens with zero attached hydrogens (tertiary/aromatic N) is 2. The number of carbonyl (C=O) groups is 2. The first kappa shape index (κ1) is 32.4. The Morgan fingerprint density at radius 3 is 2.34 bits per heavy atom. The van der Waals surface area contributed by atoms with Gasteiger partial charge in [0.05, 0.1) is 17.7 Å². The molecule has 0 saturated carbocycles. The van der Waals surface area contributed by atoms with Crippen molar-refractivity contribution in [2.24, 2.45) is 0 Å². The van der Waals surface area contributed by atoms with Gasteiger partial charge in [0, 0.05) is 22.1 Å². The van der Waals surface area contributed by atoms with Crippen molar-refractivity contribution in [3.8, 4) is 5.75 Å². The minimum Gasteiger partial charge on any atom is -0.495 e. The number of methoxy groups -OCH3 is 1. The van der Waals surface area contributed by atoms with Gasteiger partial charge >= 0.3 is 0 Å². The normalized spacial score (nSPS) is 12.8. The fourth-order valence-electron chi connectivity index (χ4n) is 4.09. The second-order valence-electron chi connectivity index (χ2n) is 9.79. The number of sulfonamides is 1. The lowest BCUT2D eigenvalue weighted by molar-refractivity contribution is -0.139. The maximum absolute atomic E-state index is 14.1. The van der Waals surface area contributed by atoms with E-state index in [9.17, 15) is 18.0 Å². The van der Waals surface area contributed by atoms with Gasteiger partial charge in [0.25, 0.3) is 10.0 Å². The number of carbonyl (C=O) groups excluding carboxylic acids is 2. The van der Waals surface area contributed by atoms with Crippen LogP contribution in [0, 0.1) is 6.92 Å². The fraction of sp³-hybridized carbons (Fsp3) is 0.333. The molecule has 0 aromatic heterocycles. The predicted molar refractivity (Wildman–Crippen MR) is 166 cm³/mol. The van der Waals surface area contributed by atoms with E-state index in [1.54, 1.807) is 31.2 Å². The van der Waals surface area contributed by atoms with Gasteiger partial charge in [-0.2, -0.15) is 0 Å². The van der Waals surface area contributed by atoms with Crippen molar-refractivity contribution in [2.75, 3.05) is 18.0 Å². The molecule has 3 aromatic carbocycles. The molecule has 11 heteroatoms. The van der Waals surface area contributed by atoms with Crippen molar-refractivity contribution in [1.29, 1.82) is 0 Å². The zero-order chi connectivity index (χ0) is 30.3. The summed E-state index contributed by atoms with van der Waals surface area (Å²) in [7, 11) is -2.85. The van der Waals surface area contributed by atoms with Crippen LogP contribution in [0.5, 0.6) is 5.75 Å². The Balaban J connectivity index is 2.10. The lowest BCUT2D eigenvalue weighted by Gasteiger charge is -2.33. The summed E-state index contributed by atoms with van der Waals surface area (Å²) < 4.78 is 35.3. The summed E-state index contributed by atoms with van der Waals surface area (Å²) in [6.07, 6.45) is 0.717. The third kappa shape index (κ3) is 8.24. The maximum Gasteiger partial charge on any atom is 0.264 e. The number of aryl methyl sites for hydroxylation is 1. The van der Waals surface area contributed by atoms with Crippen LogP contribution in [-0.4, -0.2) is 50.9 Å². The Morgan fingerprint density at radius 2 is 1.73 bits per heavy atom. The van der Waals surface area contributed by atoms with E-state index in [-0.39, 0.29) is 39.8 Å².